The van der Waals surface area contributed by atoms with Gasteiger partial charge in [0.2, 0.25) is 0 Å². The standard InChI is InChI=1S/4C14H14.C8H10/c1-11-3-7-13(8-4-11)14-9-5-12(2)6-10-14;1-11-5-3-7-13(9-11)14-8-4-6-12(2)10-14;2*1-11-6-8-13(9-7-11)14-5-3-4-12(2)10-14;1-7-4-3-5-8(2)6-7/h4*3-10H,1-2H3;3-6H,1-2H3. The SMILES string of the molecule is Cc1ccc(-c2ccc(C)cc2)cc1.Cc1ccc(-c2cccc(C)c2)cc1.Cc1ccc(-c2cccc(C)c2)cc1.Cc1cccc(-c2cccc(C)c2)c1.Cc1cccc(C)c1. The molecule has 9 rings (SSSR count). The van der Waals surface area contributed by atoms with E-state index in [9.17, 15) is 0 Å². The highest BCUT2D eigenvalue weighted by molar-refractivity contribution is 5.67. The van der Waals surface area contributed by atoms with Crippen LogP contribution in [0.3, 0.4) is 0 Å². The number of hydrogen-bond acceptors (Lipinski definition) is 0. The highest BCUT2D eigenvalue weighted by Crippen LogP contribution is 2.23. The first kappa shape index (κ1) is 48.0. The molecule has 0 aliphatic rings. The lowest BCUT2D eigenvalue weighted by atomic mass is 10.0. The van der Waals surface area contributed by atoms with E-state index in [1.165, 1.54) is 100 Å². The summed E-state index contributed by atoms with van der Waals surface area (Å²) in [5, 5.41) is 0. The number of benzene rings is 9. The third-order valence-electron chi connectivity index (χ3n) is 10.8. The Morgan fingerprint density at radius 2 is 0.312 bits per heavy atom. The third-order valence-corrected chi connectivity index (χ3v) is 10.8. The van der Waals surface area contributed by atoms with Gasteiger partial charge in [-0.15, -0.1) is 0 Å². The van der Waals surface area contributed by atoms with Crippen LogP contribution in [0.2, 0.25) is 0 Å². The average molecular weight is 835 g/mol. The third kappa shape index (κ3) is 16.4. The molecule has 0 unspecified atom stereocenters. The maximum absolute atomic E-state index is 2.22. The summed E-state index contributed by atoms with van der Waals surface area (Å²) in [7, 11) is 0. The molecule has 64 heavy (non-hydrogen) atoms. The van der Waals surface area contributed by atoms with Crippen LogP contribution in [-0.2, 0) is 0 Å². The zero-order valence-corrected chi connectivity index (χ0v) is 39.8. The summed E-state index contributed by atoms with van der Waals surface area (Å²) in [6, 6.07) is 77.4. The molecule has 0 aliphatic heterocycles. The van der Waals surface area contributed by atoms with Gasteiger partial charge in [0, 0.05) is 0 Å². The lowest BCUT2D eigenvalue weighted by Crippen LogP contribution is -1.80. The molecule has 0 saturated heterocycles. The van der Waals surface area contributed by atoms with Gasteiger partial charge in [0.15, 0.2) is 0 Å². The minimum absolute atomic E-state index is 1.29. The molecule has 0 nitrogen and oxygen atoms in total. The number of aryl methyl sites for hydroxylation is 10. The van der Waals surface area contributed by atoms with Crippen LogP contribution >= 0.6 is 0 Å². The average Bonchev–Trinajstić information content (AvgIpc) is 3.28. The van der Waals surface area contributed by atoms with Crippen molar-refractivity contribution in [2.45, 2.75) is 69.2 Å². The van der Waals surface area contributed by atoms with Crippen molar-refractivity contribution < 1.29 is 0 Å². The van der Waals surface area contributed by atoms with E-state index in [4.69, 9.17) is 0 Å². The minimum Gasteiger partial charge on any atom is -0.0617 e. The second kappa shape index (κ2) is 24.6. The Morgan fingerprint density at radius 3 is 0.500 bits per heavy atom. The second-order valence-electron chi connectivity index (χ2n) is 17.1. The maximum atomic E-state index is 2.22. The topological polar surface area (TPSA) is 0 Å². The lowest BCUT2D eigenvalue weighted by Gasteiger charge is -2.03. The van der Waals surface area contributed by atoms with E-state index in [0.29, 0.717) is 0 Å². The fourth-order valence-electron chi connectivity index (χ4n) is 7.09. The normalized spacial score (nSPS) is 10.0. The van der Waals surface area contributed by atoms with Crippen LogP contribution in [0.5, 0.6) is 0 Å². The molecule has 9 aromatic rings. The monoisotopic (exact) mass is 835 g/mol. The fourth-order valence-corrected chi connectivity index (χ4v) is 7.09. The van der Waals surface area contributed by atoms with Gasteiger partial charge in [0.1, 0.15) is 0 Å². The van der Waals surface area contributed by atoms with Crippen molar-refractivity contribution in [1.29, 1.82) is 0 Å². The minimum atomic E-state index is 1.29. The van der Waals surface area contributed by atoms with Crippen LogP contribution in [0.15, 0.2) is 218 Å². The van der Waals surface area contributed by atoms with E-state index in [1.807, 2.05) is 0 Å². The van der Waals surface area contributed by atoms with Gasteiger partial charge in [-0.1, -0.05) is 274 Å². The van der Waals surface area contributed by atoms with Gasteiger partial charge in [-0.05, 0) is 114 Å². The Hall–Kier alpha value is -7.02. The molecule has 0 heteroatoms. The Labute approximate surface area is 386 Å². The van der Waals surface area contributed by atoms with Crippen molar-refractivity contribution in [2.24, 2.45) is 0 Å². The molecule has 0 fully saturated rings. The van der Waals surface area contributed by atoms with Gasteiger partial charge in [-0.2, -0.15) is 0 Å². The maximum Gasteiger partial charge on any atom is -0.0181 e. The van der Waals surface area contributed by atoms with Crippen LogP contribution in [-0.4, -0.2) is 0 Å². The van der Waals surface area contributed by atoms with E-state index in [1.54, 1.807) is 0 Å². The van der Waals surface area contributed by atoms with Crippen LogP contribution < -0.4 is 0 Å². The Bertz CT molecular complexity index is 2580. The molecule has 0 bridgehead atoms. The molecule has 0 aliphatic carbocycles. The molecule has 0 N–H and O–H groups in total. The highest BCUT2D eigenvalue weighted by Gasteiger charge is 1.99. The summed E-state index contributed by atoms with van der Waals surface area (Å²) in [6.07, 6.45) is 0. The van der Waals surface area contributed by atoms with Crippen LogP contribution in [0.25, 0.3) is 44.5 Å². The van der Waals surface area contributed by atoms with E-state index in [0.717, 1.165) is 0 Å². The molecule has 0 heterocycles. The van der Waals surface area contributed by atoms with Crippen molar-refractivity contribution in [3.8, 4) is 44.5 Å². The van der Waals surface area contributed by atoms with Crippen molar-refractivity contribution in [1.82, 2.24) is 0 Å². The largest absolute Gasteiger partial charge is 0.0617 e. The van der Waals surface area contributed by atoms with Gasteiger partial charge >= 0.3 is 0 Å². The first-order valence-electron chi connectivity index (χ1n) is 22.4. The summed E-state index contributed by atoms with van der Waals surface area (Å²) in [4.78, 5) is 0. The van der Waals surface area contributed by atoms with Gasteiger partial charge in [0.05, 0.1) is 0 Å². The van der Waals surface area contributed by atoms with E-state index >= 15 is 0 Å². The first-order valence-corrected chi connectivity index (χ1v) is 22.4. The summed E-state index contributed by atoms with van der Waals surface area (Å²) in [5.74, 6) is 0. The first-order chi connectivity index (χ1) is 30.8. The van der Waals surface area contributed by atoms with Gasteiger partial charge < -0.3 is 0 Å². The van der Waals surface area contributed by atoms with Crippen LogP contribution in [0.4, 0.5) is 0 Å². The second-order valence-corrected chi connectivity index (χ2v) is 17.1. The summed E-state index contributed by atoms with van der Waals surface area (Å²) < 4.78 is 0. The fraction of sp³-hybridized carbons (Fsp3) is 0.156. The molecule has 0 aromatic heterocycles. The summed E-state index contributed by atoms with van der Waals surface area (Å²) in [6.45, 7) is 21.1. The van der Waals surface area contributed by atoms with Crippen molar-refractivity contribution in [3.63, 3.8) is 0 Å². The Morgan fingerprint density at radius 1 is 0.141 bits per heavy atom. The lowest BCUT2D eigenvalue weighted by molar-refractivity contribution is 1.39. The molecule has 0 saturated carbocycles. The predicted octanol–water partition coefficient (Wildman–Crippen LogP) is 18.2. The van der Waals surface area contributed by atoms with E-state index in [-0.39, 0.29) is 0 Å². The Balaban J connectivity index is 0.000000152. The van der Waals surface area contributed by atoms with Gasteiger partial charge in [-0.3, -0.25) is 0 Å². The van der Waals surface area contributed by atoms with Crippen molar-refractivity contribution >= 4 is 0 Å². The zero-order valence-electron chi connectivity index (χ0n) is 39.8. The summed E-state index contributed by atoms with van der Waals surface area (Å²) >= 11 is 0. The van der Waals surface area contributed by atoms with Crippen LogP contribution in [0.1, 0.15) is 55.6 Å². The molecule has 0 radical (unpaired) electrons. The van der Waals surface area contributed by atoms with Crippen molar-refractivity contribution in [2.75, 3.05) is 0 Å². The molecular formula is C64H66. The number of rotatable bonds is 4. The molecule has 9 aromatic carbocycles. The molecule has 0 amide bonds. The molecular weight excluding hydrogens is 769 g/mol. The van der Waals surface area contributed by atoms with E-state index in [2.05, 4.69) is 288 Å². The molecule has 322 valence electrons. The highest BCUT2D eigenvalue weighted by atomic mass is 14.0. The molecule has 0 atom stereocenters. The smallest absolute Gasteiger partial charge is 0.0181 e. The Kier molecular flexibility index (Phi) is 18.4. The van der Waals surface area contributed by atoms with Crippen LogP contribution in [0, 0.1) is 69.2 Å². The molecule has 0 spiro atoms. The predicted molar refractivity (Wildman–Crippen MR) is 281 cm³/mol. The van der Waals surface area contributed by atoms with Crippen molar-refractivity contribution in [3.05, 3.63) is 274 Å². The zero-order chi connectivity index (χ0) is 45.8. The van der Waals surface area contributed by atoms with Gasteiger partial charge in [-0.25, -0.2) is 0 Å². The van der Waals surface area contributed by atoms with Gasteiger partial charge in [0.25, 0.3) is 0 Å². The summed E-state index contributed by atoms with van der Waals surface area (Å²) in [5.41, 5.74) is 23.5. The number of hydrogen-bond donors (Lipinski definition) is 0. The quantitative estimate of drug-likeness (QED) is 0.166. The van der Waals surface area contributed by atoms with E-state index < -0.39 is 0 Å².